The number of aliphatic hydroxyl groups is 6. The van der Waals surface area contributed by atoms with Crippen LogP contribution < -0.4 is 0 Å². The highest BCUT2D eigenvalue weighted by Crippen LogP contribution is 2.19. The van der Waals surface area contributed by atoms with E-state index in [1.807, 2.05) is 0 Å². The molecule has 0 aromatic carbocycles. The molecule has 0 heterocycles. The van der Waals surface area contributed by atoms with Gasteiger partial charge in [-0.3, -0.25) is 28.8 Å². The summed E-state index contributed by atoms with van der Waals surface area (Å²) in [6.07, 6.45) is 42.2. The number of carbonyl (C=O) groups excluding carboxylic acids is 4. The number of Topliss-reactive ketones (excluding diaryl/α,β-unsaturated/α-hetero) is 4. The first-order valence-electron chi connectivity index (χ1n) is 33.7. The lowest BCUT2D eigenvalue weighted by Gasteiger charge is -2.21. The molecule has 0 rings (SSSR count). The number of carboxylic acids is 2. The zero-order valence-electron chi connectivity index (χ0n) is 52.6. The molecule has 0 aromatic heterocycles. The van der Waals surface area contributed by atoms with Crippen LogP contribution in [0.1, 0.15) is 355 Å². The third-order valence-corrected chi connectivity index (χ3v) is 15.5. The van der Waals surface area contributed by atoms with Crippen LogP contribution in [0.5, 0.6) is 0 Å². The van der Waals surface area contributed by atoms with E-state index >= 15 is 0 Å². The van der Waals surface area contributed by atoms with Crippen LogP contribution in [-0.4, -0.2) is 113 Å². The molecule has 14 nitrogen and oxygen atoms in total. The van der Waals surface area contributed by atoms with Crippen molar-refractivity contribution in [3.05, 3.63) is 0 Å². The molecule has 0 aliphatic carbocycles. The molecule has 0 saturated carbocycles. The Morgan fingerprint density at radius 2 is 0.346 bits per heavy atom. The largest absolute Gasteiger partial charge is 0.481 e. The smallest absolute Gasteiger partial charge is 0.303 e. The Bertz CT molecular complexity index is 1250. The third kappa shape index (κ3) is 57.6. The zero-order chi connectivity index (χ0) is 61.0. The maximum absolute atomic E-state index is 12.2. The van der Waals surface area contributed by atoms with E-state index < -0.39 is 71.7 Å². The second-order valence-electron chi connectivity index (χ2n) is 23.4. The van der Waals surface area contributed by atoms with Crippen molar-refractivity contribution in [2.24, 2.45) is 0 Å². The normalized spacial score (nSPS) is 13.5. The molecule has 0 fully saturated rings. The summed E-state index contributed by atoms with van der Waals surface area (Å²) in [5.41, 5.74) is 0. The molecule has 4 atom stereocenters. The number of carbonyl (C=O) groups is 6. The van der Waals surface area contributed by atoms with Gasteiger partial charge in [-0.15, -0.1) is 0 Å². The highest BCUT2D eigenvalue weighted by Gasteiger charge is 2.34. The van der Waals surface area contributed by atoms with Crippen LogP contribution in [0.3, 0.4) is 0 Å². The van der Waals surface area contributed by atoms with E-state index in [0.717, 1.165) is 51.4 Å². The SMILES string of the molecule is CCCCCCCCCCCCCC(=O)C(O)C(O)C(O)C(=O)CCCCCCCCCCCCC.CCCCCCCCCCCCCC(=O)C(O)C(O)C(O)C(=O)CCCCCCCCCCCCC.O=C(O)CCCC(=O)O. The predicted octanol–water partition coefficient (Wildman–Crippen LogP) is 15.5. The van der Waals surface area contributed by atoms with Gasteiger partial charge in [-0.25, -0.2) is 0 Å². The molecule has 0 saturated heterocycles. The van der Waals surface area contributed by atoms with E-state index in [1.54, 1.807) is 0 Å². The fourth-order valence-electron chi connectivity index (χ4n) is 9.94. The molecule has 14 heteroatoms. The third-order valence-electron chi connectivity index (χ3n) is 15.5. The minimum absolute atomic E-state index is 0.0632. The van der Waals surface area contributed by atoms with E-state index in [9.17, 15) is 59.4 Å². The van der Waals surface area contributed by atoms with Crippen molar-refractivity contribution >= 4 is 35.1 Å². The number of ketones is 4. The van der Waals surface area contributed by atoms with Crippen molar-refractivity contribution in [2.45, 2.75) is 392 Å². The Morgan fingerprint density at radius 3 is 0.481 bits per heavy atom. The average molecular weight is 1160 g/mol. The molecule has 0 amide bonds. The number of carboxylic acid groups (broad SMARTS) is 2. The zero-order valence-corrected chi connectivity index (χ0v) is 52.6. The van der Waals surface area contributed by atoms with Crippen molar-refractivity contribution in [1.82, 2.24) is 0 Å². The minimum atomic E-state index is -1.73. The van der Waals surface area contributed by atoms with Gasteiger partial charge in [0.05, 0.1) is 0 Å². The molecule has 0 aromatic rings. The van der Waals surface area contributed by atoms with Gasteiger partial charge < -0.3 is 40.9 Å². The van der Waals surface area contributed by atoms with Crippen molar-refractivity contribution in [3.8, 4) is 0 Å². The molecule has 4 unspecified atom stereocenters. The second kappa shape index (κ2) is 63.4. The molecule has 0 spiro atoms. The lowest BCUT2D eigenvalue weighted by Crippen LogP contribution is -2.45. The van der Waals surface area contributed by atoms with Crippen molar-refractivity contribution in [2.75, 3.05) is 0 Å². The summed E-state index contributed by atoms with van der Waals surface area (Å²) in [4.78, 5) is 68.4. The number of hydrogen-bond acceptors (Lipinski definition) is 12. The molecule has 0 bridgehead atoms. The molecule has 0 aliphatic rings. The standard InChI is InChI=1S/2C31H60O5.C5H8O4/c2*1-3-5-7-9-11-13-15-17-19-21-23-25-27(32)29(34)31(36)30(35)28(33)26-24-22-20-18-16-14-12-10-8-6-4-2;6-4(7)2-1-3-5(8)9/h2*29-31,34-36H,3-26H2,1-2H3;1-3H2,(H,6,7)(H,8,9). The first kappa shape index (κ1) is 82.6. The fraction of sp³-hybridized carbons (Fsp3) is 0.910. The monoisotopic (exact) mass is 1160 g/mol. The fourth-order valence-corrected chi connectivity index (χ4v) is 9.94. The van der Waals surface area contributed by atoms with Gasteiger partial charge in [-0.05, 0) is 32.1 Å². The molecule has 0 radical (unpaired) electrons. The average Bonchev–Trinajstić information content (AvgIpc) is 3.45. The topological polar surface area (TPSA) is 264 Å². The predicted molar refractivity (Wildman–Crippen MR) is 330 cm³/mol. The van der Waals surface area contributed by atoms with Gasteiger partial charge >= 0.3 is 11.9 Å². The summed E-state index contributed by atoms with van der Waals surface area (Å²) < 4.78 is 0. The van der Waals surface area contributed by atoms with Gasteiger partial charge in [0.1, 0.15) is 36.6 Å². The van der Waals surface area contributed by atoms with Crippen LogP contribution in [0.15, 0.2) is 0 Å². The Labute approximate surface area is 494 Å². The molecular weight excluding hydrogens is 1030 g/mol. The van der Waals surface area contributed by atoms with Crippen LogP contribution in [0, 0.1) is 0 Å². The number of rotatable bonds is 60. The van der Waals surface area contributed by atoms with Gasteiger partial charge in [-0.1, -0.05) is 285 Å². The maximum atomic E-state index is 12.2. The molecule has 0 aliphatic heterocycles. The van der Waals surface area contributed by atoms with E-state index in [0.29, 0.717) is 25.7 Å². The van der Waals surface area contributed by atoms with Gasteiger partial charge in [0, 0.05) is 38.5 Å². The van der Waals surface area contributed by atoms with Crippen LogP contribution in [0.4, 0.5) is 0 Å². The Balaban J connectivity index is -0.00000130. The summed E-state index contributed by atoms with van der Waals surface area (Å²) in [5, 5.41) is 76.8. The summed E-state index contributed by atoms with van der Waals surface area (Å²) >= 11 is 0. The summed E-state index contributed by atoms with van der Waals surface area (Å²) in [5.74, 6) is -3.84. The van der Waals surface area contributed by atoms with Gasteiger partial charge in [0.15, 0.2) is 23.1 Å². The van der Waals surface area contributed by atoms with Gasteiger partial charge in [0.2, 0.25) is 0 Å². The van der Waals surface area contributed by atoms with Crippen LogP contribution in [0.25, 0.3) is 0 Å². The summed E-state index contributed by atoms with van der Waals surface area (Å²) in [6, 6.07) is 0. The van der Waals surface area contributed by atoms with Crippen molar-refractivity contribution < 1.29 is 69.6 Å². The van der Waals surface area contributed by atoms with Crippen molar-refractivity contribution in [1.29, 1.82) is 0 Å². The highest BCUT2D eigenvalue weighted by atomic mass is 16.4. The van der Waals surface area contributed by atoms with E-state index in [4.69, 9.17) is 10.2 Å². The second-order valence-corrected chi connectivity index (χ2v) is 23.4. The van der Waals surface area contributed by atoms with Gasteiger partial charge in [0.25, 0.3) is 0 Å². The number of aliphatic hydroxyl groups excluding tert-OH is 6. The van der Waals surface area contributed by atoms with Crippen molar-refractivity contribution in [3.63, 3.8) is 0 Å². The van der Waals surface area contributed by atoms with Crippen LogP contribution in [-0.2, 0) is 28.8 Å². The van der Waals surface area contributed by atoms with Gasteiger partial charge in [-0.2, -0.15) is 0 Å². The number of aliphatic carboxylic acids is 2. The highest BCUT2D eigenvalue weighted by molar-refractivity contribution is 5.88. The molecule has 8 N–H and O–H groups in total. The quantitative estimate of drug-likeness (QED) is 0.0263. The van der Waals surface area contributed by atoms with E-state index in [1.165, 1.54) is 205 Å². The first-order valence-corrected chi connectivity index (χ1v) is 33.7. The molecule has 81 heavy (non-hydrogen) atoms. The van der Waals surface area contributed by atoms with Crippen LogP contribution >= 0.6 is 0 Å². The number of hydrogen-bond donors (Lipinski definition) is 8. The molecule has 480 valence electrons. The number of unbranched alkanes of at least 4 members (excludes halogenated alkanes) is 40. The Kier molecular flexibility index (Phi) is 64.7. The lowest BCUT2D eigenvalue weighted by molar-refractivity contribution is -0.148. The Hall–Kier alpha value is -2.62. The van der Waals surface area contributed by atoms with Crippen LogP contribution in [0.2, 0.25) is 0 Å². The summed E-state index contributed by atoms with van der Waals surface area (Å²) in [7, 11) is 0. The lowest BCUT2D eigenvalue weighted by atomic mass is 9.95. The molecular formula is C67H128O14. The first-order chi connectivity index (χ1) is 39.0. The van der Waals surface area contributed by atoms with E-state index in [2.05, 4.69) is 27.7 Å². The van der Waals surface area contributed by atoms with E-state index in [-0.39, 0.29) is 44.9 Å². The summed E-state index contributed by atoms with van der Waals surface area (Å²) in [6.45, 7) is 8.92. The maximum Gasteiger partial charge on any atom is 0.303 e. The Morgan fingerprint density at radius 1 is 0.210 bits per heavy atom. The minimum Gasteiger partial charge on any atom is -0.481 e.